The summed E-state index contributed by atoms with van der Waals surface area (Å²) in [6.07, 6.45) is 8.07. The van der Waals surface area contributed by atoms with Gasteiger partial charge in [-0.2, -0.15) is 5.10 Å². The minimum absolute atomic E-state index is 0.516. The topological polar surface area (TPSA) is 68.8 Å². The highest BCUT2D eigenvalue weighted by Crippen LogP contribution is 2.23. The molecule has 1 fully saturated rings. The van der Waals surface area contributed by atoms with Crippen molar-refractivity contribution in [3.63, 3.8) is 0 Å². The molecule has 3 heterocycles. The number of nitrogens with one attached hydrogen (secondary N) is 1. The van der Waals surface area contributed by atoms with Crippen LogP contribution in [0.3, 0.4) is 0 Å². The predicted molar refractivity (Wildman–Crippen MR) is 71.0 cm³/mol. The van der Waals surface area contributed by atoms with E-state index >= 15 is 0 Å². The molecule has 0 aromatic carbocycles. The number of nitrogen functional groups attached to an aromatic ring is 1. The Labute approximate surface area is 106 Å². The highest BCUT2D eigenvalue weighted by atomic mass is 15.3. The van der Waals surface area contributed by atoms with E-state index in [1.807, 2.05) is 18.3 Å². The zero-order valence-corrected chi connectivity index (χ0v) is 10.2. The van der Waals surface area contributed by atoms with Crippen molar-refractivity contribution in [2.24, 2.45) is 0 Å². The van der Waals surface area contributed by atoms with Crippen molar-refractivity contribution in [3.8, 4) is 11.1 Å². The molecule has 1 aliphatic heterocycles. The third-order valence-electron chi connectivity index (χ3n) is 3.40. The van der Waals surface area contributed by atoms with Gasteiger partial charge in [0.15, 0.2) is 0 Å². The van der Waals surface area contributed by atoms with E-state index in [1.165, 1.54) is 0 Å². The fourth-order valence-corrected chi connectivity index (χ4v) is 2.33. The smallest absolute Gasteiger partial charge is 0.123 e. The maximum absolute atomic E-state index is 5.59. The average molecular weight is 243 g/mol. The van der Waals surface area contributed by atoms with E-state index in [1.54, 1.807) is 6.20 Å². The van der Waals surface area contributed by atoms with Gasteiger partial charge in [0.05, 0.1) is 12.2 Å². The zero-order chi connectivity index (χ0) is 12.4. The number of rotatable bonds is 2. The van der Waals surface area contributed by atoms with Gasteiger partial charge < -0.3 is 11.1 Å². The zero-order valence-electron chi connectivity index (χ0n) is 10.2. The van der Waals surface area contributed by atoms with Crippen LogP contribution >= 0.6 is 0 Å². The molecule has 1 saturated heterocycles. The highest BCUT2D eigenvalue weighted by molar-refractivity contribution is 5.61. The molecule has 3 N–H and O–H groups in total. The summed E-state index contributed by atoms with van der Waals surface area (Å²) in [7, 11) is 0. The highest BCUT2D eigenvalue weighted by Gasteiger charge is 2.15. The lowest BCUT2D eigenvalue weighted by Crippen LogP contribution is -2.29. The Bertz CT molecular complexity index is 510. The standard InChI is InChI=1S/C13H17N5/c14-13-2-1-10(7-16-13)11-8-17-18(9-11)12-3-5-15-6-4-12/h1-2,7-9,12,15H,3-6H2,(H2,14,16). The lowest BCUT2D eigenvalue weighted by molar-refractivity contribution is 0.343. The Hall–Kier alpha value is -1.88. The van der Waals surface area contributed by atoms with Crippen molar-refractivity contribution in [1.29, 1.82) is 0 Å². The monoisotopic (exact) mass is 243 g/mol. The molecule has 0 amide bonds. The summed E-state index contributed by atoms with van der Waals surface area (Å²) in [5, 5.41) is 7.83. The van der Waals surface area contributed by atoms with E-state index in [0.29, 0.717) is 11.9 Å². The van der Waals surface area contributed by atoms with Crippen LogP contribution in [-0.4, -0.2) is 27.9 Å². The van der Waals surface area contributed by atoms with Crippen LogP contribution in [0.25, 0.3) is 11.1 Å². The van der Waals surface area contributed by atoms with Crippen molar-refractivity contribution >= 4 is 5.82 Å². The summed E-state index contributed by atoms with van der Waals surface area (Å²) >= 11 is 0. The number of piperidine rings is 1. The van der Waals surface area contributed by atoms with Crippen LogP contribution in [0.15, 0.2) is 30.7 Å². The largest absolute Gasteiger partial charge is 0.384 e. The van der Waals surface area contributed by atoms with Crippen LogP contribution in [0, 0.1) is 0 Å². The van der Waals surface area contributed by atoms with Crippen molar-refractivity contribution in [1.82, 2.24) is 20.1 Å². The van der Waals surface area contributed by atoms with Crippen molar-refractivity contribution < 1.29 is 0 Å². The Morgan fingerprint density at radius 2 is 2.00 bits per heavy atom. The van der Waals surface area contributed by atoms with Crippen LogP contribution in [-0.2, 0) is 0 Å². The number of aromatic nitrogens is 3. The maximum Gasteiger partial charge on any atom is 0.123 e. The first-order valence-corrected chi connectivity index (χ1v) is 6.30. The molecule has 5 heteroatoms. The quantitative estimate of drug-likeness (QED) is 0.837. The molecule has 18 heavy (non-hydrogen) atoms. The molecule has 2 aromatic heterocycles. The molecule has 0 saturated carbocycles. The Morgan fingerprint density at radius 1 is 1.17 bits per heavy atom. The molecular formula is C13H17N5. The molecule has 0 bridgehead atoms. The third-order valence-corrected chi connectivity index (χ3v) is 3.40. The summed E-state index contributed by atoms with van der Waals surface area (Å²) in [6.45, 7) is 2.15. The van der Waals surface area contributed by atoms with E-state index in [4.69, 9.17) is 5.73 Å². The third kappa shape index (κ3) is 2.22. The first kappa shape index (κ1) is 11.2. The summed E-state index contributed by atoms with van der Waals surface area (Å²) in [5.74, 6) is 0.546. The number of hydrogen-bond donors (Lipinski definition) is 2. The second kappa shape index (κ2) is 4.78. The lowest BCUT2D eigenvalue weighted by Gasteiger charge is -2.22. The molecule has 0 spiro atoms. The van der Waals surface area contributed by atoms with Gasteiger partial charge in [0.25, 0.3) is 0 Å². The Kier molecular flexibility index (Phi) is 2.98. The first-order chi connectivity index (χ1) is 8.83. The minimum atomic E-state index is 0.516. The summed E-state index contributed by atoms with van der Waals surface area (Å²) in [4.78, 5) is 4.11. The molecule has 0 atom stereocenters. The fourth-order valence-electron chi connectivity index (χ4n) is 2.33. The van der Waals surface area contributed by atoms with Crippen molar-refractivity contribution in [2.45, 2.75) is 18.9 Å². The molecule has 2 aromatic rings. The minimum Gasteiger partial charge on any atom is -0.384 e. The first-order valence-electron chi connectivity index (χ1n) is 6.30. The number of hydrogen-bond acceptors (Lipinski definition) is 4. The molecule has 0 radical (unpaired) electrons. The van der Waals surface area contributed by atoms with Crippen LogP contribution in [0.2, 0.25) is 0 Å². The number of nitrogens with zero attached hydrogens (tertiary/aromatic N) is 3. The normalized spacial score (nSPS) is 16.9. The van der Waals surface area contributed by atoms with Crippen LogP contribution in [0.4, 0.5) is 5.82 Å². The summed E-state index contributed by atoms with van der Waals surface area (Å²) < 4.78 is 2.08. The molecule has 0 unspecified atom stereocenters. The predicted octanol–water partition coefficient (Wildman–Crippen LogP) is 1.45. The van der Waals surface area contributed by atoms with Crippen LogP contribution in [0.5, 0.6) is 0 Å². The van der Waals surface area contributed by atoms with E-state index in [2.05, 4.69) is 26.3 Å². The van der Waals surface area contributed by atoms with Crippen LogP contribution < -0.4 is 11.1 Å². The Balaban J connectivity index is 1.82. The molecule has 5 nitrogen and oxygen atoms in total. The second-order valence-electron chi connectivity index (χ2n) is 4.66. The van der Waals surface area contributed by atoms with E-state index < -0.39 is 0 Å². The van der Waals surface area contributed by atoms with Gasteiger partial charge in [0, 0.05) is 23.5 Å². The summed E-state index contributed by atoms with van der Waals surface area (Å²) in [5.41, 5.74) is 7.75. The van der Waals surface area contributed by atoms with Crippen molar-refractivity contribution in [3.05, 3.63) is 30.7 Å². The average Bonchev–Trinajstić information content (AvgIpc) is 2.90. The Morgan fingerprint density at radius 3 is 2.72 bits per heavy atom. The molecule has 1 aliphatic rings. The van der Waals surface area contributed by atoms with Gasteiger partial charge in [-0.25, -0.2) is 4.98 Å². The molecule has 0 aliphatic carbocycles. The van der Waals surface area contributed by atoms with Gasteiger partial charge in [-0.1, -0.05) is 0 Å². The van der Waals surface area contributed by atoms with Gasteiger partial charge in [-0.15, -0.1) is 0 Å². The van der Waals surface area contributed by atoms with Gasteiger partial charge in [-0.3, -0.25) is 4.68 Å². The maximum atomic E-state index is 5.59. The lowest BCUT2D eigenvalue weighted by atomic mass is 10.1. The number of pyridine rings is 1. The van der Waals surface area contributed by atoms with Crippen LogP contribution in [0.1, 0.15) is 18.9 Å². The van der Waals surface area contributed by atoms with Gasteiger partial charge >= 0.3 is 0 Å². The van der Waals surface area contributed by atoms with Crippen molar-refractivity contribution in [2.75, 3.05) is 18.8 Å². The van der Waals surface area contributed by atoms with E-state index in [-0.39, 0.29) is 0 Å². The van der Waals surface area contributed by atoms with Gasteiger partial charge in [0.2, 0.25) is 0 Å². The molecular weight excluding hydrogens is 226 g/mol. The molecule has 94 valence electrons. The van der Waals surface area contributed by atoms with Gasteiger partial charge in [0.1, 0.15) is 5.82 Å². The van der Waals surface area contributed by atoms with E-state index in [0.717, 1.165) is 37.1 Å². The second-order valence-corrected chi connectivity index (χ2v) is 4.66. The van der Waals surface area contributed by atoms with Gasteiger partial charge in [-0.05, 0) is 38.1 Å². The number of anilines is 1. The fraction of sp³-hybridized carbons (Fsp3) is 0.385. The number of nitrogens with two attached hydrogens (primary N) is 1. The molecule has 3 rings (SSSR count). The summed E-state index contributed by atoms with van der Waals surface area (Å²) in [6, 6.07) is 4.31. The SMILES string of the molecule is Nc1ccc(-c2cnn(C3CCNCC3)c2)cn1. The van der Waals surface area contributed by atoms with E-state index in [9.17, 15) is 0 Å².